The summed E-state index contributed by atoms with van der Waals surface area (Å²) < 4.78 is 4.83. The molecule has 5 nitrogen and oxygen atoms in total. The Morgan fingerprint density at radius 2 is 2.19 bits per heavy atom. The molecule has 1 unspecified atom stereocenters. The standard InChI is InChI=1S/C21H23BrN4O/c1-3-25-13-16(22)11-19(25)21(27)24-20-14(2)12-23-26(20)18-10-6-8-15-7-4-5-9-17(15)18/h4-5,7,9,11-13,18H,3,6,8,10H2,1-2H3,(H,24,27). The average molecular weight is 427 g/mol. The summed E-state index contributed by atoms with van der Waals surface area (Å²) >= 11 is 3.46. The van der Waals surface area contributed by atoms with Crippen molar-refractivity contribution >= 4 is 27.7 Å². The molecule has 0 bridgehead atoms. The van der Waals surface area contributed by atoms with E-state index in [-0.39, 0.29) is 11.9 Å². The fourth-order valence-electron chi connectivity index (χ4n) is 3.92. The monoisotopic (exact) mass is 426 g/mol. The maximum absolute atomic E-state index is 12.9. The Balaban J connectivity index is 1.68. The first kappa shape index (κ1) is 18.0. The largest absolute Gasteiger partial charge is 0.343 e. The van der Waals surface area contributed by atoms with E-state index in [1.54, 1.807) is 0 Å². The van der Waals surface area contributed by atoms with Crippen molar-refractivity contribution in [2.24, 2.45) is 0 Å². The van der Waals surface area contributed by atoms with Crippen LogP contribution in [0.25, 0.3) is 0 Å². The van der Waals surface area contributed by atoms with Crippen molar-refractivity contribution in [2.45, 2.75) is 45.7 Å². The first-order valence-corrected chi connectivity index (χ1v) is 10.2. The highest BCUT2D eigenvalue weighted by Crippen LogP contribution is 2.35. The van der Waals surface area contributed by atoms with E-state index in [0.717, 1.165) is 41.7 Å². The Morgan fingerprint density at radius 3 is 3.00 bits per heavy atom. The number of nitrogens with zero attached hydrogens (tertiary/aromatic N) is 3. The lowest BCUT2D eigenvalue weighted by Gasteiger charge is -2.27. The lowest BCUT2D eigenvalue weighted by molar-refractivity contribution is 0.101. The maximum Gasteiger partial charge on any atom is 0.273 e. The molecule has 3 aromatic rings. The number of aromatic nitrogens is 3. The number of aryl methyl sites for hydroxylation is 3. The van der Waals surface area contributed by atoms with Crippen LogP contribution in [0.5, 0.6) is 0 Å². The molecule has 0 spiro atoms. The number of halogens is 1. The predicted octanol–water partition coefficient (Wildman–Crippen LogP) is 4.95. The Morgan fingerprint density at radius 1 is 1.37 bits per heavy atom. The molecule has 1 aliphatic carbocycles. The number of carbonyl (C=O) groups excluding carboxylic acids is 1. The van der Waals surface area contributed by atoms with Crippen molar-refractivity contribution in [3.63, 3.8) is 0 Å². The molecule has 140 valence electrons. The Bertz CT molecular complexity index is 988. The molecule has 0 saturated heterocycles. The van der Waals surface area contributed by atoms with Gasteiger partial charge in [0.05, 0.1) is 12.2 Å². The van der Waals surface area contributed by atoms with Gasteiger partial charge in [-0.3, -0.25) is 4.79 Å². The molecule has 4 rings (SSSR count). The molecule has 1 amide bonds. The minimum Gasteiger partial charge on any atom is -0.343 e. The van der Waals surface area contributed by atoms with E-state index in [0.29, 0.717) is 5.69 Å². The smallest absolute Gasteiger partial charge is 0.273 e. The van der Waals surface area contributed by atoms with Gasteiger partial charge in [-0.05, 0) is 66.2 Å². The zero-order valence-electron chi connectivity index (χ0n) is 15.6. The molecule has 1 aliphatic rings. The van der Waals surface area contributed by atoms with E-state index >= 15 is 0 Å². The second-order valence-electron chi connectivity index (χ2n) is 7.01. The number of amides is 1. The van der Waals surface area contributed by atoms with Crippen LogP contribution in [0.1, 0.15) is 53.0 Å². The molecule has 1 aromatic carbocycles. The van der Waals surface area contributed by atoms with Gasteiger partial charge in [0.25, 0.3) is 5.91 Å². The molecule has 0 saturated carbocycles. The highest BCUT2D eigenvalue weighted by atomic mass is 79.9. The SMILES string of the molecule is CCn1cc(Br)cc1C(=O)Nc1c(C)cnn1C1CCCc2ccccc21. The van der Waals surface area contributed by atoms with Crippen molar-refractivity contribution in [2.75, 3.05) is 5.32 Å². The Labute approximate surface area is 167 Å². The van der Waals surface area contributed by atoms with E-state index in [4.69, 9.17) is 0 Å². The molecule has 27 heavy (non-hydrogen) atoms. The normalized spacial score (nSPS) is 16.2. The Hall–Kier alpha value is -2.34. The van der Waals surface area contributed by atoms with Crippen LogP contribution in [0.4, 0.5) is 5.82 Å². The number of fused-ring (bicyclic) bond motifs is 1. The van der Waals surface area contributed by atoms with Crippen molar-refractivity contribution in [3.05, 3.63) is 69.6 Å². The first-order valence-electron chi connectivity index (χ1n) is 9.37. The highest BCUT2D eigenvalue weighted by molar-refractivity contribution is 9.10. The van der Waals surface area contributed by atoms with Gasteiger partial charge in [0.1, 0.15) is 11.5 Å². The van der Waals surface area contributed by atoms with Gasteiger partial charge in [-0.1, -0.05) is 24.3 Å². The van der Waals surface area contributed by atoms with Gasteiger partial charge in [-0.25, -0.2) is 4.68 Å². The van der Waals surface area contributed by atoms with Crippen molar-refractivity contribution in [1.29, 1.82) is 0 Å². The fourth-order valence-corrected chi connectivity index (χ4v) is 4.39. The van der Waals surface area contributed by atoms with Gasteiger partial charge in [0, 0.05) is 22.8 Å². The summed E-state index contributed by atoms with van der Waals surface area (Å²) in [5, 5.41) is 7.73. The van der Waals surface area contributed by atoms with Crippen LogP contribution in [0.2, 0.25) is 0 Å². The minimum atomic E-state index is -0.114. The van der Waals surface area contributed by atoms with Gasteiger partial charge in [0.2, 0.25) is 0 Å². The molecule has 0 fully saturated rings. The zero-order chi connectivity index (χ0) is 19.0. The van der Waals surface area contributed by atoms with E-state index < -0.39 is 0 Å². The number of benzene rings is 1. The third kappa shape index (κ3) is 3.34. The van der Waals surface area contributed by atoms with Crippen molar-refractivity contribution in [3.8, 4) is 0 Å². The molecular formula is C21H23BrN4O. The minimum absolute atomic E-state index is 0.114. The Kier molecular flexibility index (Phi) is 4.91. The van der Waals surface area contributed by atoms with E-state index in [1.807, 2.05) is 41.6 Å². The molecule has 1 atom stereocenters. The number of anilines is 1. The van der Waals surface area contributed by atoms with Crippen LogP contribution < -0.4 is 5.32 Å². The van der Waals surface area contributed by atoms with Crippen LogP contribution in [0.15, 0.2) is 47.2 Å². The van der Waals surface area contributed by atoms with Crippen LogP contribution in [0, 0.1) is 6.92 Å². The molecule has 1 N–H and O–H groups in total. The zero-order valence-corrected chi connectivity index (χ0v) is 17.2. The summed E-state index contributed by atoms with van der Waals surface area (Å²) in [6.07, 6.45) is 7.02. The molecule has 2 aromatic heterocycles. The second kappa shape index (κ2) is 7.35. The van der Waals surface area contributed by atoms with E-state index in [2.05, 4.69) is 50.6 Å². The van der Waals surface area contributed by atoms with Gasteiger partial charge in [-0.2, -0.15) is 5.10 Å². The van der Waals surface area contributed by atoms with Crippen LogP contribution in [-0.2, 0) is 13.0 Å². The maximum atomic E-state index is 12.9. The summed E-state index contributed by atoms with van der Waals surface area (Å²) in [7, 11) is 0. The van der Waals surface area contributed by atoms with Crippen LogP contribution in [-0.4, -0.2) is 20.3 Å². The molecular weight excluding hydrogens is 404 g/mol. The predicted molar refractivity (Wildman–Crippen MR) is 110 cm³/mol. The van der Waals surface area contributed by atoms with E-state index in [1.165, 1.54) is 11.1 Å². The lowest BCUT2D eigenvalue weighted by atomic mass is 9.88. The average Bonchev–Trinajstić information content (AvgIpc) is 3.24. The third-order valence-corrected chi connectivity index (χ3v) is 5.71. The summed E-state index contributed by atoms with van der Waals surface area (Å²) in [4.78, 5) is 12.9. The second-order valence-corrected chi connectivity index (χ2v) is 7.93. The number of hydrogen-bond donors (Lipinski definition) is 1. The molecule has 2 heterocycles. The summed E-state index contributed by atoms with van der Waals surface area (Å²) in [6.45, 7) is 4.75. The van der Waals surface area contributed by atoms with Crippen molar-refractivity contribution in [1.82, 2.24) is 14.3 Å². The van der Waals surface area contributed by atoms with Gasteiger partial charge in [0.15, 0.2) is 0 Å². The number of hydrogen-bond acceptors (Lipinski definition) is 2. The van der Waals surface area contributed by atoms with Crippen LogP contribution in [0.3, 0.4) is 0 Å². The number of rotatable bonds is 4. The van der Waals surface area contributed by atoms with Gasteiger partial charge in [-0.15, -0.1) is 0 Å². The summed E-state index contributed by atoms with van der Waals surface area (Å²) in [5.74, 6) is 0.665. The fraction of sp³-hybridized carbons (Fsp3) is 0.333. The van der Waals surface area contributed by atoms with Gasteiger partial charge < -0.3 is 9.88 Å². The van der Waals surface area contributed by atoms with E-state index in [9.17, 15) is 4.79 Å². The van der Waals surface area contributed by atoms with Crippen LogP contribution >= 0.6 is 15.9 Å². The first-order chi connectivity index (χ1) is 13.1. The summed E-state index contributed by atoms with van der Waals surface area (Å²) in [5.41, 5.74) is 4.30. The molecule has 0 aliphatic heterocycles. The number of nitrogens with one attached hydrogen (secondary N) is 1. The van der Waals surface area contributed by atoms with Crippen molar-refractivity contribution < 1.29 is 4.79 Å². The highest BCUT2D eigenvalue weighted by Gasteiger charge is 2.26. The number of carbonyl (C=O) groups is 1. The summed E-state index contributed by atoms with van der Waals surface area (Å²) in [6, 6.07) is 10.6. The molecule has 0 radical (unpaired) electrons. The topological polar surface area (TPSA) is 51.9 Å². The third-order valence-electron chi connectivity index (χ3n) is 5.28. The quantitative estimate of drug-likeness (QED) is 0.641. The molecule has 6 heteroatoms. The lowest BCUT2D eigenvalue weighted by Crippen LogP contribution is -2.23. The van der Waals surface area contributed by atoms with Gasteiger partial charge >= 0.3 is 0 Å².